The normalized spacial score (nSPS) is 18.4. The van der Waals surface area contributed by atoms with Crippen molar-refractivity contribution in [2.24, 2.45) is 0 Å². The molecule has 0 saturated carbocycles. The first-order valence-corrected chi connectivity index (χ1v) is 13.2. The van der Waals surface area contributed by atoms with Gasteiger partial charge in [0.25, 0.3) is 0 Å². The predicted molar refractivity (Wildman–Crippen MR) is 148 cm³/mol. The quantitative estimate of drug-likeness (QED) is 0.347. The number of morpholine rings is 1. The summed E-state index contributed by atoms with van der Waals surface area (Å²) in [6.07, 6.45) is 7.09. The molecule has 2 aromatic carbocycles. The standard InChI is InChI=1S/C29H34N6O3/c1-21(22-6-3-2-4-7-22)32-29-25-18-23(9-10-26(25)30-20-31-29)33-27(36)8-5-13-34-14-11-24(12-15-34)35-16-17-38-28(37)19-35/h2-10,18,20-21,24H,11-17,19H2,1H3,(H,33,36)(H,30,31,32)/t21-/m1/s1. The summed E-state index contributed by atoms with van der Waals surface area (Å²) in [6.45, 7) is 6.42. The summed E-state index contributed by atoms with van der Waals surface area (Å²) in [6, 6.07) is 16.3. The van der Waals surface area contributed by atoms with Crippen LogP contribution in [0.15, 0.2) is 67.0 Å². The molecule has 38 heavy (non-hydrogen) atoms. The fraction of sp³-hybridized carbons (Fsp3) is 0.379. The number of ether oxygens (including phenoxy) is 1. The van der Waals surface area contributed by atoms with Crippen LogP contribution in [0.3, 0.4) is 0 Å². The average Bonchev–Trinajstić information content (AvgIpc) is 2.94. The molecule has 5 rings (SSSR count). The lowest BCUT2D eigenvalue weighted by atomic mass is 10.0. The van der Waals surface area contributed by atoms with E-state index in [-0.39, 0.29) is 17.9 Å². The van der Waals surface area contributed by atoms with Gasteiger partial charge in [-0.1, -0.05) is 36.4 Å². The molecule has 0 unspecified atom stereocenters. The van der Waals surface area contributed by atoms with E-state index in [1.165, 1.54) is 0 Å². The SMILES string of the molecule is C[C@@H](Nc1ncnc2ccc(NC(=O)C=CCN3CCC(N4CCOC(=O)C4)CC3)cc12)c1ccccc1. The molecule has 2 fully saturated rings. The van der Waals surface area contributed by atoms with Crippen molar-refractivity contribution < 1.29 is 14.3 Å². The maximum absolute atomic E-state index is 12.6. The number of fused-ring (bicyclic) bond motifs is 1. The summed E-state index contributed by atoms with van der Waals surface area (Å²) in [5.41, 5.74) is 2.66. The summed E-state index contributed by atoms with van der Waals surface area (Å²) in [5.74, 6) is 0.429. The van der Waals surface area contributed by atoms with E-state index in [0.29, 0.717) is 24.9 Å². The number of hydrogen-bond acceptors (Lipinski definition) is 8. The molecule has 198 valence electrons. The third kappa shape index (κ3) is 6.54. The number of aromatic nitrogens is 2. The van der Waals surface area contributed by atoms with Gasteiger partial charge < -0.3 is 15.4 Å². The lowest BCUT2D eigenvalue weighted by molar-refractivity contribution is -0.152. The molecular formula is C29H34N6O3. The van der Waals surface area contributed by atoms with Gasteiger partial charge in [0.1, 0.15) is 18.8 Å². The van der Waals surface area contributed by atoms with Gasteiger partial charge in [-0.25, -0.2) is 9.97 Å². The number of rotatable bonds is 8. The van der Waals surface area contributed by atoms with Crippen LogP contribution >= 0.6 is 0 Å². The third-order valence-corrected chi connectivity index (χ3v) is 7.24. The second kappa shape index (κ2) is 12.1. The number of piperidine rings is 1. The largest absolute Gasteiger partial charge is 0.463 e. The van der Waals surface area contributed by atoms with E-state index in [1.54, 1.807) is 12.4 Å². The van der Waals surface area contributed by atoms with Crippen LogP contribution in [-0.4, -0.2) is 77.0 Å². The van der Waals surface area contributed by atoms with Crippen LogP contribution in [-0.2, 0) is 14.3 Å². The van der Waals surface area contributed by atoms with Gasteiger partial charge in [0, 0.05) is 42.3 Å². The number of carbonyl (C=O) groups is 2. The van der Waals surface area contributed by atoms with Gasteiger partial charge in [0.2, 0.25) is 5.91 Å². The van der Waals surface area contributed by atoms with Crippen molar-refractivity contribution in [1.29, 1.82) is 0 Å². The van der Waals surface area contributed by atoms with Crippen LogP contribution in [0, 0.1) is 0 Å². The summed E-state index contributed by atoms with van der Waals surface area (Å²) in [7, 11) is 0. The van der Waals surface area contributed by atoms with Crippen molar-refractivity contribution in [1.82, 2.24) is 19.8 Å². The monoisotopic (exact) mass is 514 g/mol. The maximum atomic E-state index is 12.6. The van der Waals surface area contributed by atoms with E-state index in [4.69, 9.17) is 4.74 Å². The number of carbonyl (C=O) groups excluding carboxylic acids is 2. The molecule has 1 amide bonds. The van der Waals surface area contributed by atoms with Gasteiger partial charge in [-0.3, -0.25) is 19.4 Å². The fourth-order valence-electron chi connectivity index (χ4n) is 5.12. The molecular weight excluding hydrogens is 480 g/mol. The maximum Gasteiger partial charge on any atom is 0.320 e. The smallest absolute Gasteiger partial charge is 0.320 e. The Balaban J connectivity index is 1.14. The molecule has 1 aromatic heterocycles. The Labute approximate surface area is 222 Å². The topological polar surface area (TPSA) is 99.7 Å². The minimum absolute atomic E-state index is 0.0666. The Bertz CT molecular complexity index is 1290. The van der Waals surface area contributed by atoms with Crippen LogP contribution in [0.1, 0.15) is 31.4 Å². The van der Waals surface area contributed by atoms with E-state index < -0.39 is 0 Å². The van der Waals surface area contributed by atoms with Gasteiger partial charge in [0.15, 0.2) is 0 Å². The Morgan fingerprint density at radius 1 is 1.13 bits per heavy atom. The number of amides is 1. The highest BCUT2D eigenvalue weighted by molar-refractivity contribution is 6.01. The highest BCUT2D eigenvalue weighted by Gasteiger charge is 2.28. The molecule has 0 bridgehead atoms. The number of hydrogen-bond donors (Lipinski definition) is 2. The number of nitrogens with one attached hydrogen (secondary N) is 2. The number of nitrogens with zero attached hydrogens (tertiary/aromatic N) is 4. The fourth-order valence-corrected chi connectivity index (χ4v) is 5.12. The molecule has 9 heteroatoms. The van der Waals surface area contributed by atoms with Crippen LogP contribution in [0.25, 0.3) is 10.9 Å². The highest BCUT2D eigenvalue weighted by Crippen LogP contribution is 2.26. The van der Waals surface area contributed by atoms with Gasteiger partial charge >= 0.3 is 5.97 Å². The summed E-state index contributed by atoms with van der Waals surface area (Å²) in [5, 5.41) is 7.28. The third-order valence-electron chi connectivity index (χ3n) is 7.24. The average molecular weight is 515 g/mol. The van der Waals surface area contributed by atoms with Crippen molar-refractivity contribution in [2.45, 2.75) is 31.8 Å². The van der Waals surface area contributed by atoms with Crippen LogP contribution in [0.4, 0.5) is 11.5 Å². The molecule has 0 aliphatic carbocycles. The minimum Gasteiger partial charge on any atom is -0.463 e. The first kappa shape index (κ1) is 25.8. The number of anilines is 2. The van der Waals surface area contributed by atoms with Gasteiger partial charge in [0.05, 0.1) is 12.1 Å². The molecule has 3 heterocycles. The second-order valence-corrected chi connectivity index (χ2v) is 9.85. The molecule has 0 radical (unpaired) electrons. The molecule has 2 saturated heterocycles. The Morgan fingerprint density at radius 2 is 1.95 bits per heavy atom. The summed E-state index contributed by atoms with van der Waals surface area (Å²) >= 11 is 0. The van der Waals surface area contributed by atoms with E-state index in [0.717, 1.165) is 61.3 Å². The summed E-state index contributed by atoms with van der Waals surface area (Å²) < 4.78 is 5.05. The van der Waals surface area contributed by atoms with Crippen LogP contribution < -0.4 is 10.6 Å². The van der Waals surface area contributed by atoms with Crippen LogP contribution in [0.5, 0.6) is 0 Å². The highest BCUT2D eigenvalue weighted by atomic mass is 16.5. The van der Waals surface area contributed by atoms with Crippen molar-refractivity contribution in [2.75, 3.05) is 50.0 Å². The molecule has 3 aromatic rings. The van der Waals surface area contributed by atoms with Crippen molar-refractivity contribution in [3.05, 3.63) is 72.6 Å². The molecule has 0 spiro atoms. The van der Waals surface area contributed by atoms with Gasteiger partial charge in [-0.2, -0.15) is 0 Å². The number of esters is 1. The molecule has 2 aliphatic rings. The molecule has 9 nitrogen and oxygen atoms in total. The Morgan fingerprint density at radius 3 is 2.74 bits per heavy atom. The van der Waals surface area contributed by atoms with E-state index in [9.17, 15) is 9.59 Å². The second-order valence-electron chi connectivity index (χ2n) is 9.85. The lowest BCUT2D eigenvalue weighted by Gasteiger charge is -2.39. The van der Waals surface area contributed by atoms with Gasteiger partial charge in [-0.05, 0) is 56.6 Å². The Kier molecular flexibility index (Phi) is 8.25. The van der Waals surface area contributed by atoms with Crippen LogP contribution in [0.2, 0.25) is 0 Å². The Hall–Kier alpha value is -3.82. The summed E-state index contributed by atoms with van der Waals surface area (Å²) in [4.78, 5) is 37.6. The number of likely N-dealkylation sites (tertiary alicyclic amines) is 1. The first-order chi connectivity index (χ1) is 18.5. The van der Waals surface area contributed by atoms with Crippen molar-refractivity contribution in [3.8, 4) is 0 Å². The van der Waals surface area contributed by atoms with Crippen molar-refractivity contribution in [3.63, 3.8) is 0 Å². The zero-order chi connectivity index (χ0) is 26.3. The zero-order valence-corrected chi connectivity index (χ0v) is 21.7. The lowest BCUT2D eigenvalue weighted by Crippen LogP contribution is -2.50. The first-order valence-electron chi connectivity index (χ1n) is 13.2. The van der Waals surface area contributed by atoms with E-state index in [1.807, 2.05) is 42.5 Å². The minimum atomic E-state index is -0.171. The zero-order valence-electron chi connectivity index (χ0n) is 21.7. The van der Waals surface area contributed by atoms with Gasteiger partial charge in [-0.15, -0.1) is 0 Å². The number of cyclic esters (lactones) is 1. The predicted octanol–water partition coefficient (Wildman–Crippen LogP) is 3.62. The molecule has 1 atom stereocenters. The van der Waals surface area contributed by atoms with E-state index >= 15 is 0 Å². The van der Waals surface area contributed by atoms with E-state index in [2.05, 4.69) is 49.5 Å². The molecule has 2 N–H and O–H groups in total. The molecule has 2 aliphatic heterocycles. The number of benzene rings is 2. The van der Waals surface area contributed by atoms with Crippen molar-refractivity contribution >= 4 is 34.3 Å².